The Balaban J connectivity index is 1.90. The predicted molar refractivity (Wildman–Crippen MR) is 63.7 cm³/mol. The third kappa shape index (κ3) is 1.66. The van der Waals surface area contributed by atoms with E-state index in [0.717, 1.165) is 18.7 Å². The molecule has 0 radical (unpaired) electrons. The Morgan fingerprint density at radius 1 is 1.38 bits per heavy atom. The van der Waals surface area contributed by atoms with Crippen molar-refractivity contribution in [3.05, 3.63) is 30.1 Å². The van der Waals surface area contributed by atoms with E-state index in [1.54, 1.807) is 0 Å². The Hall–Kier alpha value is -1.20. The Kier molecular flexibility index (Phi) is 2.49. The lowest BCUT2D eigenvalue weighted by atomic mass is 9.92. The SMILES string of the molecule is S=C1N[C@@H]2OCC[C@@H]2[C@@H](c2ccccn2)N1. The number of fused-ring (bicyclic) bond motifs is 1. The number of hydrogen-bond donors (Lipinski definition) is 2. The van der Waals surface area contributed by atoms with Crippen molar-refractivity contribution in [2.75, 3.05) is 6.61 Å². The first kappa shape index (κ1) is 9.99. The van der Waals surface area contributed by atoms with Crippen LogP contribution in [0.4, 0.5) is 0 Å². The zero-order valence-electron chi connectivity index (χ0n) is 8.72. The molecule has 2 aliphatic heterocycles. The smallest absolute Gasteiger partial charge is 0.168 e. The topological polar surface area (TPSA) is 46.2 Å². The van der Waals surface area contributed by atoms with Gasteiger partial charge in [0.25, 0.3) is 0 Å². The number of thiocarbonyl (C=S) groups is 1. The van der Waals surface area contributed by atoms with Crippen LogP contribution in [-0.2, 0) is 4.74 Å². The van der Waals surface area contributed by atoms with E-state index in [9.17, 15) is 0 Å². The maximum absolute atomic E-state index is 5.61. The molecule has 0 bridgehead atoms. The van der Waals surface area contributed by atoms with E-state index in [0.29, 0.717) is 11.0 Å². The fraction of sp³-hybridized carbons (Fsp3) is 0.455. The van der Waals surface area contributed by atoms with Crippen LogP contribution in [-0.4, -0.2) is 22.9 Å². The van der Waals surface area contributed by atoms with Gasteiger partial charge in [-0.05, 0) is 30.8 Å². The van der Waals surface area contributed by atoms with E-state index < -0.39 is 0 Å². The van der Waals surface area contributed by atoms with Gasteiger partial charge in [0.15, 0.2) is 5.11 Å². The van der Waals surface area contributed by atoms with Gasteiger partial charge in [0, 0.05) is 18.7 Å². The van der Waals surface area contributed by atoms with E-state index in [1.165, 1.54) is 0 Å². The summed E-state index contributed by atoms with van der Waals surface area (Å²) in [5.41, 5.74) is 1.03. The average molecular weight is 235 g/mol. The zero-order valence-corrected chi connectivity index (χ0v) is 9.54. The summed E-state index contributed by atoms with van der Waals surface area (Å²) in [7, 11) is 0. The first-order valence-corrected chi connectivity index (χ1v) is 5.85. The molecular weight excluding hydrogens is 222 g/mol. The number of nitrogens with one attached hydrogen (secondary N) is 2. The van der Waals surface area contributed by atoms with Crippen LogP contribution in [0.3, 0.4) is 0 Å². The van der Waals surface area contributed by atoms with Crippen LogP contribution in [0.15, 0.2) is 24.4 Å². The minimum absolute atomic E-state index is 0.0424. The normalized spacial score (nSPS) is 32.8. The van der Waals surface area contributed by atoms with Crippen molar-refractivity contribution in [2.45, 2.75) is 18.7 Å². The van der Waals surface area contributed by atoms with Gasteiger partial charge in [0.1, 0.15) is 6.23 Å². The maximum atomic E-state index is 5.61. The lowest BCUT2D eigenvalue weighted by molar-refractivity contribution is 0.0615. The Labute approximate surface area is 99.4 Å². The summed E-state index contributed by atoms with van der Waals surface area (Å²) in [4.78, 5) is 4.39. The van der Waals surface area contributed by atoms with Gasteiger partial charge in [-0.1, -0.05) is 6.07 Å². The highest BCUT2D eigenvalue weighted by Crippen LogP contribution is 2.33. The van der Waals surface area contributed by atoms with E-state index in [-0.39, 0.29) is 12.3 Å². The quantitative estimate of drug-likeness (QED) is 0.710. The second-order valence-electron chi connectivity index (χ2n) is 4.09. The van der Waals surface area contributed by atoms with Crippen LogP contribution < -0.4 is 10.6 Å². The van der Waals surface area contributed by atoms with Gasteiger partial charge in [-0.25, -0.2) is 0 Å². The lowest BCUT2D eigenvalue weighted by Crippen LogP contribution is -2.54. The van der Waals surface area contributed by atoms with Gasteiger partial charge < -0.3 is 15.4 Å². The largest absolute Gasteiger partial charge is 0.358 e. The zero-order chi connectivity index (χ0) is 11.0. The summed E-state index contributed by atoms with van der Waals surface area (Å²) in [6.07, 6.45) is 2.89. The van der Waals surface area contributed by atoms with Gasteiger partial charge in [-0.3, -0.25) is 4.98 Å². The molecule has 1 aromatic rings. The van der Waals surface area contributed by atoms with Crippen LogP contribution in [0.25, 0.3) is 0 Å². The molecule has 0 amide bonds. The summed E-state index contributed by atoms with van der Waals surface area (Å²) in [6, 6.07) is 6.12. The molecule has 5 heteroatoms. The van der Waals surface area contributed by atoms with Crippen LogP contribution >= 0.6 is 12.2 Å². The van der Waals surface area contributed by atoms with Crippen molar-refractivity contribution in [1.82, 2.24) is 15.6 Å². The van der Waals surface area contributed by atoms with Crippen molar-refractivity contribution in [1.29, 1.82) is 0 Å². The number of ether oxygens (including phenoxy) is 1. The highest BCUT2D eigenvalue weighted by Gasteiger charge is 2.40. The van der Waals surface area contributed by atoms with Crippen molar-refractivity contribution >= 4 is 17.3 Å². The fourth-order valence-corrected chi connectivity index (χ4v) is 2.61. The van der Waals surface area contributed by atoms with Gasteiger partial charge in [-0.15, -0.1) is 0 Å². The number of aromatic nitrogens is 1. The maximum Gasteiger partial charge on any atom is 0.168 e. The number of rotatable bonds is 1. The number of pyridine rings is 1. The minimum atomic E-state index is 0.0424. The lowest BCUT2D eigenvalue weighted by Gasteiger charge is -2.35. The summed E-state index contributed by atoms with van der Waals surface area (Å²) in [5, 5.41) is 7.08. The molecule has 1 aromatic heterocycles. The highest BCUT2D eigenvalue weighted by atomic mass is 32.1. The third-order valence-electron chi connectivity index (χ3n) is 3.13. The van der Waals surface area contributed by atoms with Crippen LogP contribution in [0.2, 0.25) is 0 Å². The molecule has 0 unspecified atom stereocenters. The highest BCUT2D eigenvalue weighted by molar-refractivity contribution is 7.80. The summed E-state index contributed by atoms with van der Waals surface area (Å²) in [5.74, 6) is 0.404. The molecule has 2 fully saturated rings. The fourth-order valence-electron chi connectivity index (χ4n) is 2.37. The molecule has 3 heterocycles. The molecule has 0 aromatic carbocycles. The van der Waals surface area contributed by atoms with Crippen molar-refractivity contribution < 1.29 is 4.74 Å². The molecule has 4 nitrogen and oxygen atoms in total. The summed E-state index contributed by atoms with van der Waals surface area (Å²) < 4.78 is 5.61. The van der Waals surface area contributed by atoms with E-state index >= 15 is 0 Å². The van der Waals surface area contributed by atoms with E-state index in [2.05, 4.69) is 15.6 Å². The standard InChI is InChI=1S/C11H13N3OS/c16-11-13-9(8-3-1-2-5-12-8)7-4-6-15-10(7)14-11/h1-3,5,7,9-10H,4,6H2,(H2,13,14,16)/t7-,9+,10-/m1/s1. The molecule has 2 saturated heterocycles. The molecule has 0 saturated carbocycles. The third-order valence-corrected chi connectivity index (χ3v) is 3.37. The van der Waals surface area contributed by atoms with Crippen molar-refractivity contribution in [2.24, 2.45) is 5.92 Å². The number of hydrogen-bond acceptors (Lipinski definition) is 3. The van der Waals surface area contributed by atoms with Gasteiger partial charge in [0.05, 0.1) is 11.7 Å². The average Bonchev–Trinajstić information content (AvgIpc) is 2.77. The van der Waals surface area contributed by atoms with Gasteiger partial charge in [0.2, 0.25) is 0 Å². The van der Waals surface area contributed by atoms with E-state index in [1.807, 2.05) is 24.4 Å². The predicted octanol–water partition coefficient (Wildman–Crippen LogP) is 0.963. The van der Waals surface area contributed by atoms with Crippen molar-refractivity contribution in [3.8, 4) is 0 Å². The second kappa shape index (κ2) is 3.99. The van der Waals surface area contributed by atoms with Crippen LogP contribution in [0.1, 0.15) is 18.2 Å². The molecule has 0 spiro atoms. The molecule has 84 valence electrons. The molecule has 3 atom stereocenters. The van der Waals surface area contributed by atoms with Crippen LogP contribution in [0.5, 0.6) is 0 Å². The first-order valence-electron chi connectivity index (χ1n) is 5.44. The molecule has 3 rings (SSSR count). The van der Waals surface area contributed by atoms with Gasteiger partial charge >= 0.3 is 0 Å². The molecule has 16 heavy (non-hydrogen) atoms. The molecular formula is C11H13N3OS. The Morgan fingerprint density at radius 2 is 2.31 bits per heavy atom. The van der Waals surface area contributed by atoms with Crippen LogP contribution in [0, 0.1) is 5.92 Å². The molecule has 2 aliphatic rings. The minimum Gasteiger partial charge on any atom is -0.358 e. The van der Waals surface area contributed by atoms with Crippen molar-refractivity contribution in [3.63, 3.8) is 0 Å². The second-order valence-corrected chi connectivity index (χ2v) is 4.50. The Morgan fingerprint density at radius 3 is 3.12 bits per heavy atom. The summed E-state index contributed by atoms with van der Waals surface area (Å²) in [6.45, 7) is 0.788. The first-order chi connectivity index (χ1) is 7.84. The Bertz CT molecular complexity index is 397. The molecule has 2 N–H and O–H groups in total. The van der Waals surface area contributed by atoms with Gasteiger partial charge in [-0.2, -0.15) is 0 Å². The summed E-state index contributed by atoms with van der Waals surface area (Å²) >= 11 is 5.18. The number of nitrogens with zero attached hydrogens (tertiary/aromatic N) is 1. The van der Waals surface area contributed by atoms with E-state index in [4.69, 9.17) is 17.0 Å². The molecule has 0 aliphatic carbocycles. The monoisotopic (exact) mass is 235 g/mol.